The molecule has 186 valence electrons. The number of benzene rings is 3. The molecule has 0 aliphatic carbocycles. The van der Waals surface area contributed by atoms with E-state index in [-0.39, 0.29) is 0 Å². The predicted octanol–water partition coefficient (Wildman–Crippen LogP) is 7.00. The van der Waals surface area contributed by atoms with Crippen molar-refractivity contribution in [2.24, 2.45) is 7.05 Å². The summed E-state index contributed by atoms with van der Waals surface area (Å²) in [5, 5.41) is 0. The number of nitrogens with zero attached hydrogens (tertiary/aromatic N) is 4. The third-order valence-electron chi connectivity index (χ3n) is 8.21. The summed E-state index contributed by atoms with van der Waals surface area (Å²) in [6.07, 6.45) is 7.47. The van der Waals surface area contributed by atoms with E-state index in [1.54, 1.807) is 11.8 Å². The first-order valence-electron chi connectivity index (χ1n) is 13.3. The van der Waals surface area contributed by atoms with Gasteiger partial charge in [0.1, 0.15) is 5.82 Å². The minimum atomic E-state index is 0.796. The minimum absolute atomic E-state index is 0.796. The molecule has 3 heterocycles. The van der Waals surface area contributed by atoms with Gasteiger partial charge in [0.05, 0.1) is 11.0 Å². The van der Waals surface area contributed by atoms with Gasteiger partial charge in [-0.2, -0.15) is 0 Å². The molecule has 4 nitrogen and oxygen atoms in total. The van der Waals surface area contributed by atoms with Crippen LogP contribution in [-0.4, -0.2) is 52.9 Å². The Kier molecular flexibility index (Phi) is 6.53. The van der Waals surface area contributed by atoms with E-state index in [0.717, 1.165) is 22.9 Å². The number of aromatic nitrogens is 2. The highest BCUT2D eigenvalue weighted by Crippen LogP contribution is 2.33. The number of thioether (sulfide) groups is 1. The van der Waals surface area contributed by atoms with E-state index in [2.05, 4.69) is 95.3 Å². The molecule has 4 aromatic rings. The van der Waals surface area contributed by atoms with Gasteiger partial charge in [0.25, 0.3) is 0 Å². The van der Waals surface area contributed by atoms with Crippen molar-refractivity contribution in [1.82, 2.24) is 14.5 Å². The molecule has 0 spiro atoms. The highest BCUT2D eigenvalue weighted by atomic mass is 32.2. The van der Waals surface area contributed by atoms with Gasteiger partial charge in [-0.05, 0) is 105 Å². The standard InChI is InChI=1S/C31H36N4S/c1-22-20-25(21-29-30(22)32-31(33(29)2)24-8-12-28(36-3)13-9-24)23-6-10-26(11-7-23)35-18-14-27(15-19-35)34-16-4-5-17-34/h6-13,20-21,27H,4-5,14-19H2,1-3H3. The van der Waals surface area contributed by atoms with Crippen LogP contribution in [0.5, 0.6) is 0 Å². The zero-order valence-electron chi connectivity index (χ0n) is 21.7. The Hall–Kier alpha value is -2.76. The Labute approximate surface area is 219 Å². The summed E-state index contributed by atoms with van der Waals surface area (Å²) < 4.78 is 2.23. The number of rotatable bonds is 5. The lowest BCUT2D eigenvalue weighted by molar-refractivity contribution is 0.208. The topological polar surface area (TPSA) is 24.3 Å². The number of hydrogen-bond donors (Lipinski definition) is 0. The maximum absolute atomic E-state index is 5.03. The number of aryl methyl sites for hydroxylation is 2. The molecule has 0 radical (unpaired) electrons. The van der Waals surface area contributed by atoms with Gasteiger partial charge >= 0.3 is 0 Å². The van der Waals surface area contributed by atoms with Gasteiger partial charge in [0.15, 0.2) is 0 Å². The number of piperidine rings is 1. The van der Waals surface area contributed by atoms with Crippen LogP contribution in [0.25, 0.3) is 33.5 Å². The van der Waals surface area contributed by atoms with Crippen molar-refractivity contribution in [3.05, 3.63) is 66.2 Å². The Morgan fingerprint density at radius 2 is 1.47 bits per heavy atom. The van der Waals surface area contributed by atoms with Gasteiger partial charge in [-0.25, -0.2) is 4.98 Å². The third-order valence-corrected chi connectivity index (χ3v) is 8.96. The second-order valence-corrected chi connectivity index (χ2v) is 11.3. The molecule has 0 N–H and O–H groups in total. The van der Waals surface area contributed by atoms with Crippen LogP contribution in [0, 0.1) is 6.92 Å². The van der Waals surface area contributed by atoms with Crippen LogP contribution in [0.15, 0.2) is 65.6 Å². The first-order valence-corrected chi connectivity index (χ1v) is 14.5. The Bertz CT molecular complexity index is 1340. The molecule has 1 aromatic heterocycles. The van der Waals surface area contributed by atoms with E-state index in [1.165, 1.54) is 84.7 Å². The van der Waals surface area contributed by atoms with E-state index >= 15 is 0 Å². The van der Waals surface area contributed by atoms with Gasteiger partial charge in [-0.15, -0.1) is 11.8 Å². The number of anilines is 1. The van der Waals surface area contributed by atoms with E-state index in [9.17, 15) is 0 Å². The number of fused-ring (bicyclic) bond motifs is 1. The van der Waals surface area contributed by atoms with Crippen molar-refractivity contribution in [3.63, 3.8) is 0 Å². The van der Waals surface area contributed by atoms with Crippen molar-refractivity contribution < 1.29 is 0 Å². The predicted molar refractivity (Wildman–Crippen MR) is 154 cm³/mol. The average molecular weight is 497 g/mol. The van der Waals surface area contributed by atoms with E-state index in [4.69, 9.17) is 4.98 Å². The summed E-state index contributed by atoms with van der Waals surface area (Å²) in [6, 6.07) is 23.3. The summed E-state index contributed by atoms with van der Waals surface area (Å²) in [6.45, 7) is 7.14. The lowest BCUT2D eigenvalue weighted by Crippen LogP contribution is -2.43. The molecule has 2 saturated heterocycles. The van der Waals surface area contributed by atoms with Crippen molar-refractivity contribution in [2.45, 2.75) is 43.5 Å². The molecular formula is C31H36N4S. The SMILES string of the molecule is CSc1ccc(-c2nc3c(C)cc(-c4ccc(N5CCC(N6CCCC6)CC5)cc4)cc3n2C)cc1. The van der Waals surface area contributed by atoms with Crippen LogP contribution in [0.4, 0.5) is 5.69 Å². The molecule has 0 saturated carbocycles. The zero-order chi connectivity index (χ0) is 24.6. The maximum atomic E-state index is 5.03. The monoisotopic (exact) mass is 496 g/mol. The van der Waals surface area contributed by atoms with Gasteiger partial charge < -0.3 is 14.4 Å². The molecule has 3 aromatic carbocycles. The highest BCUT2D eigenvalue weighted by molar-refractivity contribution is 7.98. The van der Waals surface area contributed by atoms with Crippen molar-refractivity contribution in [2.75, 3.05) is 37.3 Å². The molecule has 0 atom stereocenters. The van der Waals surface area contributed by atoms with Crippen molar-refractivity contribution in [1.29, 1.82) is 0 Å². The number of imidazole rings is 1. The van der Waals surface area contributed by atoms with E-state index in [0.29, 0.717) is 0 Å². The Morgan fingerprint density at radius 1 is 0.806 bits per heavy atom. The van der Waals surface area contributed by atoms with Gasteiger partial charge in [0, 0.05) is 42.3 Å². The number of hydrogen-bond acceptors (Lipinski definition) is 4. The van der Waals surface area contributed by atoms with Crippen molar-refractivity contribution >= 4 is 28.5 Å². The Balaban J connectivity index is 1.23. The largest absolute Gasteiger partial charge is 0.371 e. The molecule has 0 unspecified atom stereocenters. The molecular weight excluding hydrogens is 460 g/mol. The van der Waals surface area contributed by atoms with E-state index in [1.807, 2.05) is 0 Å². The van der Waals surface area contributed by atoms with E-state index < -0.39 is 0 Å². The summed E-state index contributed by atoms with van der Waals surface area (Å²) in [4.78, 5) is 11.6. The van der Waals surface area contributed by atoms with Crippen LogP contribution in [0.3, 0.4) is 0 Å². The lowest BCUT2D eigenvalue weighted by Gasteiger charge is -2.37. The molecule has 5 heteroatoms. The van der Waals surface area contributed by atoms with Gasteiger partial charge in [0.2, 0.25) is 0 Å². The highest BCUT2D eigenvalue weighted by Gasteiger charge is 2.26. The third kappa shape index (κ3) is 4.44. The van der Waals surface area contributed by atoms with Crippen LogP contribution in [0.2, 0.25) is 0 Å². The summed E-state index contributed by atoms with van der Waals surface area (Å²) in [5.74, 6) is 1.02. The lowest BCUT2D eigenvalue weighted by atomic mass is 10.00. The van der Waals surface area contributed by atoms with Crippen LogP contribution < -0.4 is 4.90 Å². The van der Waals surface area contributed by atoms with Crippen molar-refractivity contribution in [3.8, 4) is 22.5 Å². The summed E-state index contributed by atoms with van der Waals surface area (Å²) >= 11 is 1.77. The maximum Gasteiger partial charge on any atom is 0.140 e. The average Bonchev–Trinajstić information content (AvgIpc) is 3.58. The summed E-state index contributed by atoms with van der Waals surface area (Å²) in [7, 11) is 2.13. The summed E-state index contributed by atoms with van der Waals surface area (Å²) in [5.41, 5.74) is 8.52. The fourth-order valence-electron chi connectivity index (χ4n) is 6.08. The quantitative estimate of drug-likeness (QED) is 0.278. The second kappa shape index (κ2) is 9.95. The smallest absolute Gasteiger partial charge is 0.140 e. The fourth-order valence-corrected chi connectivity index (χ4v) is 6.49. The normalized spacial score (nSPS) is 17.4. The molecule has 2 aliphatic rings. The molecule has 0 amide bonds. The van der Waals surface area contributed by atoms with Gasteiger partial charge in [-0.1, -0.05) is 24.3 Å². The second-order valence-electron chi connectivity index (χ2n) is 10.4. The number of likely N-dealkylation sites (tertiary alicyclic amines) is 1. The zero-order valence-corrected chi connectivity index (χ0v) is 22.5. The van der Waals surface area contributed by atoms with Gasteiger partial charge in [-0.3, -0.25) is 0 Å². The molecule has 36 heavy (non-hydrogen) atoms. The molecule has 2 fully saturated rings. The molecule has 6 rings (SSSR count). The fraction of sp³-hybridized carbons (Fsp3) is 0.387. The van der Waals surface area contributed by atoms with Crippen LogP contribution in [-0.2, 0) is 7.05 Å². The van der Waals surface area contributed by atoms with Crippen LogP contribution >= 0.6 is 11.8 Å². The first-order chi connectivity index (χ1) is 17.6. The first kappa shape index (κ1) is 23.6. The van der Waals surface area contributed by atoms with Crippen LogP contribution in [0.1, 0.15) is 31.2 Å². The molecule has 2 aliphatic heterocycles. The molecule has 0 bridgehead atoms. The Morgan fingerprint density at radius 3 is 2.14 bits per heavy atom. The minimum Gasteiger partial charge on any atom is -0.371 e.